The number of rotatable bonds is 9. The first-order valence-corrected chi connectivity index (χ1v) is 12.8. The molecule has 1 N–H and O–H groups in total. The van der Waals surface area contributed by atoms with Crippen LogP contribution in [-0.4, -0.2) is 34.6 Å². The summed E-state index contributed by atoms with van der Waals surface area (Å²) in [5.41, 5.74) is -0.574. The molecule has 1 amide bonds. The molecule has 0 saturated carbocycles. The van der Waals surface area contributed by atoms with Crippen LogP contribution in [0.1, 0.15) is 18.1 Å². The van der Waals surface area contributed by atoms with Gasteiger partial charge in [-0.15, -0.1) is 0 Å². The van der Waals surface area contributed by atoms with Gasteiger partial charge in [0.05, 0.1) is 35.7 Å². The summed E-state index contributed by atoms with van der Waals surface area (Å²) in [6.07, 6.45) is -4.66. The van der Waals surface area contributed by atoms with Gasteiger partial charge in [-0.05, 0) is 74.0 Å². The van der Waals surface area contributed by atoms with Crippen LogP contribution in [0.3, 0.4) is 0 Å². The molecule has 0 aliphatic carbocycles. The van der Waals surface area contributed by atoms with E-state index >= 15 is 0 Å². The van der Waals surface area contributed by atoms with Crippen LogP contribution in [0.2, 0.25) is 5.02 Å². The average molecular weight is 557 g/mol. The molecule has 0 aromatic heterocycles. The maximum absolute atomic E-state index is 13.8. The molecule has 0 unspecified atom stereocenters. The molecule has 0 bridgehead atoms. The summed E-state index contributed by atoms with van der Waals surface area (Å²) in [6.45, 7) is 3.11. The van der Waals surface area contributed by atoms with Gasteiger partial charge in [0, 0.05) is 0 Å². The van der Waals surface area contributed by atoms with Gasteiger partial charge in [0.1, 0.15) is 22.9 Å². The standard InChI is InChI=1S/C25H24ClF3N2O5S/c1-4-36-19-9-7-18(8-10-19)31(37(33,34)23-13-16(2)5-12-22(23)35-3)15-24(32)30-21-14-17(25(27,28)29)6-11-20(21)26/h5-14H,4,15H2,1-3H3,(H,30,32). The number of amides is 1. The van der Waals surface area contributed by atoms with E-state index in [0.717, 1.165) is 16.4 Å². The first kappa shape index (κ1) is 28.1. The van der Waals surface area contributed by atoms with E-state index in [1.807, 2.05) is 0 Å². The molecule has 0 saturated heterocycles. The number of alkyl halides is 3. The fourth-order valence-corrected chi connectivity index (χ4v) is 5.24. The van der Waals surface area contributed by atoms with Crippen molar-refractivity contribution < 1.29 is 35.9 Å². The molecular weight excluding hydrogens is 533 g/mol. The van der Waals surface area contributed by atoms with Gasteiger partial charge in [-0.2, -0.15) is 13.2 Å². The van der Waals surface area contributed by atoms with Gasteiger partial charge >= 0.3 is 6.18 Å². The zero-order valence-electron chi connectivity index (χ0n) is 20.1. The molecule has 0 aliphatic heterocycles. The number of nitrogens with one attached hydrogen (secondary N) is 1. The summed E-state index contributed by atoms with van der Waals surface area (Å²) < 4.78 is 78.4. The van der Waals surface area contributed by atoms with Crippen molar-refractivity contribution in [1.29, 1.82) is 0 Å². The van der Waals surface area contributed by atoms with E-state index in [-0.39, 0.29) is 27.0 Å². The molecule has 37 heavy (non-hydrogen) atoms. The van der Waals surface area contributed by atoms with E-state index in [0.29, 0.717) is 24.0 Å². The maximum atomic E-state index is 13.8. The number of methoxy groups -OCH3 is 1. The molecule has 7 nitrogen and oxygen atoms in total. The summed E-state index contributed by atoms with van der Waals surface area (Å²) in [4.78, 5) is 12.8. The predicted molar refractivity (Wildman–Crippen MR) is 135 cm³/mol. The number of nitrogens with zero attached hydrogens (tertiary/aromatic N) is 1. The third-order valence-corrected chi connectivity index (χ3v) is 7.30. The van der Waals surface area contributed by atoms with Crippen molar-refractivity contribution >= 4 is 38.9 Å². The number of sulfonamides is 1. The van der Waals surface area contributed by atoms with Crippen LogP contribution in [0.4, 0.5) is 24.5 Å². The second kappa shape index (κ2) is 11.3. The summed E-state index contributed by atoms with van der Waals surface area (Å²) in [5.74, 6) is -0.370. The van der Waals surface area contributed by atoms with Gasteiger partial charge in [0.2, 0.25) is 5.91 Å². The van der Waals surface area contributed by atoms with E-state index in [4.69, 9.17) is 21.1 Å². The van der Waals surface area contributed by atoms with Gasteiger partial charge in [-0.25, -0.2) is 8.42 Å². The van der Waals surface area contributed by atoms with Gasteiger partial charge in [-0.3, -0.25) is 9.10 Å². The molecule has 0 radical (unpaired) electrons. The van der Waals surface area contributed by atoms with Crippen molar-refractivity contribution in [3.05, 3.63) is 76.8 Å². The SMILES string of the molecule is CCOc1ccc(N(CC(=O)Nc2cc(C(F)(F)F)ccc2Cl)S(=O)(=O)c2cc(C)ccc2OC)cc1. The van der Waals surface area contributed by atoms with Crippen molar-refractivity contribution in [2.75, 3.05) is 29.9 Å². The number of hydrogen-bond donors (Lipinski definition) is 1. The lowest BCUT2D eigenvalue weighted by Gasteiger charge is -2.25. The number of anilines is 2. The van der Waals surface area contributed by atoms with Gasteiger partial charge in [0.25, 0.3) is 10.0 Å². The Morgan fingerprint density at radius 3 is 2.32 bits per heavy atom. The predicted octanol–water partition coefficient (Wildman–Crippen LogP) is 5.91. The van der Waals surface area contributed by atoms with Crippen molar-refractivity contribution in [2.45, 2.75) is 24.9 Å². The molecule has 3 aromatic carbocycles. The van der Waals surface area contributed by atoms with Crippen molar-refractivity contribution in [2.24, 2.45) is 0 Å². The molecular formula is C25H24ClF3N2O5S. The third kappa shape index (κ3) is 6.66. The zero-order valence-corrected chi connectivity index (χ0v) is 21.7. The van der Waals surface area contributed by atoms with Crippen LogP contribution >= 0.6 is 11.6 Å². The van der Waals surface area contributed by atoms with Crippen LogP contribution in [0.15, 0.2) is 65.6 Å². The highest BCUT2D eigenvalue weighted by Crippen LogP contribution is 2.35. The number of carbonyl (C=O) groups excluding carboxylic acids is 1. The summed E-state index contributed by atoms with van der Waals surface area (Å²) in [5, 5.41) is 2.14. The fourth-order valence-electron chi connectivity index (χ4n) is 3.41. The maximum Gasteiger partial charge on any atom is 0.416 e. The minimum Gasteiger partial charge on any atom is -0.495 e. The number of hydrogen-bond acceptors (Lipinski definition) is 5. The summed E-state index contributed by atoms with van der Waals surface area (Å²) >= 11 is 5.99. The van der Waals surface area contributed by atoms with E-state index in [1.54, 1.807) is 19.9 Å². The normalized spacial score (nSPS) is 11.6. The Bertz CT molecular complexity index is 1380. The molecule has 12 heteroatoms. The Morgan fingerprint density at radius 1 is 1.05 bits per heavy atom. The van der Waals surface area contributed by atoms with Crippen molar-refractivity contribution in [3.63, 3.8) is 0 Å². The third-order valence-electron chi connectivity index (χ3n) is 5.18. The highest BCUT2D eigenvalue weighted by Gasteiger charge is 2.32. The number of halogens is 4. The lowest BCUT2D eigenvalue weighted by molar-refractivity contribution is -0.137. The zero-order chi connectivity index (χ0) is 27.4. The smallest absolute Gasteiger partial charge is 0.416 e. The minimum absolute atomic E-state index is 0.0582. The molecule has 0 atom stereocenters. The van der Waals surface area contributed by atoms with Crippen LogP contribution in [0.5, 0.6) is 11.5 Å². The number of aryl methyl sites for hydroxylation is 1. The largest absolute Gasteiger partial charge is 0.495 e. The minimum atomic E-state index is -4.66. The highest BCUT2D eigenvalue weighted by molar-refractivity contribution is 7.93. The summed E-state index contributed by atoms with van der Waals surface area (Å²) in [6, 6.07) is 13.0. The Labute approximate surface area is 217 Å². The summed E-state index contributed by atoms with van der Waals surface area (Å²) in [7, 11) is -3.07. The second-order valence-electron chi connectivity index (χ2n) is 7.83. The van der Waals surface area contributed by atoms with Crippen LogP contribution < -0.4 is 19.1 Å². The van der Waals surface area contributed by atoms with Gasteiger partial charge in [-0.1, -0.05) is 17.7 Å². The van der Waals surface area contributed by atoms with E-state index in [9.17, 15) is 26.4 Å². The topological polar surface area (TPSA) is 84.9 Å². The molecule has 0 aliphatic rings. The van der Waals surface area contributed by atoms with Crippen LogP contribution in [0.25, 0.3) is 0 Å². The van der Waals surface area contributed by atoms with Crippen LogP contribution in [0, 0.1) is 6.92 Å². The second-order valence-corrected chi connectivity index (χ2v) is 10.1. The van der Waals surface area contributed by atoms with Gasteiger partial charge < -0.3 is 14.8 Å². The van der Waals surface area contributed by atoms with Crippen molar-refractivity contribution in [1.82, 2.24) is 0 Å². The molecule has 0 fully saturated rings. The van der Waals surface area contributed by atoms with Crippen molar-refractivity contribution in [3.8, 4) is 11.5 Å². The van der Waals surface area contributed by atoms with E-state index in [2.05, 4.69) is 5.32 Å². The Kier molecular flexibility index (Phi) is 8.60. The van der Waals surface area contributed by atoms with Gasteiger partial charge in [0.15, 0.2) is 0 Å². The monoisotopic (exact) mass is 556 g/mol. The first-order chi connectivity index (χ1) is 17.4. The Morgan fingerprint density at radius 2 is 1.73 bits per heavy atom. The number of ether oxygens (including phenoxy) is 2. The Hall–Kier alpha value is -3.44. The lowest BCUT2D eigenvalue weighted by atomic mass is 10.2. The molecule has 0 heterocycles. The van der Waals surface area contributed by atoms with E-state index in [1.165, 1.54) is 43.5 Å². The number of benzene rings is 3. The lowest BCUT2D eigenvalue weighted by Crippen LogP contribution is -2.38. The highest BCUT2D eigenvalue weighted by atomic mass is 35.5. The molecule has 198 valence electrons. The molecule has 3 rings (SSSR count). The quantitative estimate of drug-likeness (QED) is 0.354. The Balaban J connectivity index is 2.02. The van der Waals surface area contributed by atoms with E-state index < -0.39 is 34.2 Å². The number of carbonyl (C=O) groups is 1. The molecule has 3 aromatic rings. The first-order valence-electron chi connectivity index (χ1n) is 10.9. The molecule has 0 spiro atoms. The fraction of sp³-hybridized carbons (Fsp3) is 0.240. The van der Waals surface area contributed by atoms with Crippen LogP contribution in [-0.2, 0) is 21.0 Å². The average Bonchev–Trinajstić information content (AvgIpc) is 2.84.